The number of thiol groups is 1. The van der Waals surface area contributed by atoms with E-state index in [1.807, 2.05) is 0 Å². The van der Waals surface area contributed by atoms with Crippen LogP contribution in [0, 0.1) is 5.92 Å². The summed E-state index contributed by atoms with van der Waals surface area (Å²) in [6.45, 7) is 8.53. The van der Waals surface area contributed by atoms with Gasteiger partial charge in [-0.2, -0.15) is 12.6 Å². The van der Waals surface area contributed by atoms with Crippen molar-refractivity contribution in [3.8, 4) is 0 Å². The molecule has 0 bridgehead atoms. The Morgan fingerprint density at radius 2 is 1.80 bits per heavy atom. The molecule has 0 spiro atoms. The van der Waals surface area contributed by atoms with E-state index in [0.29, 0.717) is 13.0 Å². The third-order valence-corrected chi connectivity index (χ3v) is 3.03. The van der Waals surface area contributed by atoms with Crippen LogP contribution in [0.4, 0.5) is 0 Å². The molecule has 0 aromatic rings. The Hall–Kier alpha value is -0.840. The minimum Gasteiger partial charge on any atom is -0.300 e. The van der Waals surface area contributed by atoms with Crippen LogP contribution >= 0.6 is 12.6 Å². The second-order valence-corrected chi connectivity index (χ2v) is 6.47. The highest BCUT2D eigenvalue weighted by atomic mass is 32.1. The van der Waals surface area contributed by atoms with E-state index >= 15 is 0 Å². The van der Waals surface area contributed by atoms with E-state index in [4.69, 9.17) is 0 Å². The van der Waals surface area contributed by atoms with Crippen LogP contribution in [0.1, 0.15) is 59.8 Å². The van der Waals surface area contributed by atoms with E-state index in [1.54, 1.807) is 6.92 Å². The summed E-state index contributed by atoms with van der Waals surface area (Å²) in [5.74, 6) is 0.709. The molecule has 20 heavy (non-hydrogen) atoms. The second kappa shape index (κ2) is 9.97. The quantitative estimate of drug-likeness (QED) is 0.466. The number of hydrogen-bond acceptors (Lipinski definition) is 4. The lowest BCUT2D eigenvalue weighted by atomic mass is 10.1. The first-order chi connectivity index (χ1) is 9.25. The summed E-state index contributed by atoms with van der Waals surface area (Å²) < 4.78 is 0. The van der Waals surface area contributed by atoms with Crippen LogP contribution in [0.3, 0.4) is 0 Å². The van der Waals surface area contributed by atoms with Crippen molar-refractivity contribution in [2.45, 2.75) is 65.0 Å². The van der Waals surface area contributed by atoms with Crippen molar-refractivity contribution in [2.24, 2.45) is 5.92 Å². The van der Waals surface area contributed by atoms with Gasteiger partial charge in [0, 0.05) is 19.4 Å². The van der Waals surface area contributed by atoms with Crippen molar-refractivity contribution in [3.63, 3.8) is 0 Å². The van der Waals surface area contributed by atoms with Gasteiger partial charge in [0.1, 0.15) is 5.78 Å². The lowest BCUT2D eigenvalue weighted by Crippen LogP contribution is -2.31. The number of carbonyl (C=O) groups is 3. The standard InChI is InChI=1S/C11H17NO3S.C4H10/c1-8(13)5-3-2-4-6-12-10(14)7-9(16)11(12)15;1-4(2)3/h9,16H,2-7H2,1H3;4H,1-3H3. The number of likely N-dealkylation sites (tertiary alicyclic amines) is 1. The van der Waals surface area contributed by atoms with E-state index in [-0.39, 0.29) is 24.0 Å². The van der Waals surface area contributed by atoms with E-state index < -0.39 is 5.25 Å². The highest BCUT2D eigenvalue weighted by Gasteiger charge is 2.35. The predicted octanol–water partition coefficient (Wildman–Crippen LogP) is 2.86. The molecule has 0 aromatic heterocycles. The molecule has 2 amide bonds. The minimum absolute atomic E-state index is 0.128. The third kappa shape index (κ3) is 8.35. The van der Waals surface area contributed by atoms with E-state index in [0.717, 1.165) is 25.2 Å². The maximum absolute atomic E-state index is 11.5. The number of nitrogens with zero attached hydrogens (tertiary/aromatic N) is 1. The van der Waals surface area contributed by atoms with Crippen LogP contribution in [0.5, 0.6) is 0 Å². The van der Waals surface area contributed by atoms with Gasteiger partial charge >= 0.3 is 0 Å². The number of carbonyl (C=O) groups excluding carboxylic acids is 3. The molecule has 1 fully saturated rings. The Bertz CT molecular complexity index is 339. The van der Waals surface area contributed by atoms with Crippen molar-refractivity contribution < 1.29 is 14.4 Å². The van der Waals surface area contributed by atoms with Crippen LogP contribution < -0.4 is 0 Å². The van der Waals surface area contributed by atoms with Crippen molar-refractivity contribution in [1.29, 1.82) is 0 Å². The Labute approximate surface area is 127 Å². The first-order valence-electron chi connectivity index (χ1n) is 7.27. The molecule has 116 valence electrons. The highest BCUT2D eigenvalue weighted by Crippen LogP contribution is 2.18. The molecule has 1 atom stereocenters. The lowest BCUT2D eigenvalue weighted by Gasteiger charge is -2.13. The average Bonchev–Trinajstić information content (AvgIpc) is 2.53. The molecule has 0 radical (unpaired) electrons. The molecule has 1 aliphatic rings. The molecular weight excluding hydrogens is 274 g/mol. The zero-order valence-corrected chi connectivity index (χ0v) is 13.9. The first-order valence-corrected chi connectivity index (χ1v) is 7.79. The summed E-state index contributed by atoms with van der Waals surface area (Å²) in [7, 11) is 0. The molecule has 4 nitrogen and oxygen atoms in total. The summed E-state index contributed by atoms with van der Waals surface area (Å²) in [5.41, 5.74) is 0. The molecule has 0 aliphatic carbocycles. The van der Waals surface area contributed by atoms with Gasteiger partial charge in [0.25, 0.3) is 0 Å². The molecule has 1 rings (SSSR count). The minimum atomic E-state index is -0.454. The number of imide groups is 1. The summed E-state index contributed by atoms with van der Waals surface area (Å²) >= 11 is 4.04. The zero-order valence-electron chi connectivity index (χ0n) is 13.0. The molecule has 0 aromatic carbocycles. The fourth-order valence-electron chi connectivity index (χ4n) is 1.72. The van der Waals surface area contributed by atoms with Crippen LogP contribution in [0.15, 0.2) is 0 Å². The van der Waals surface area contributed by atoms with E-state index in [9.17, 15) is 14.4 Å². The number of hydrogen-bond donors (Lipinski definition) is 1. The molecule has 0 N–H and O–H groups in total. The van der Waals surface area contributed by atoms with Crippen molar-refractivity contribution in [2.75, 3.05) is 6.54 Å². The van der Waals surface area contributed by atoms with Gasteiger partial charge in [-0.25, -0.2) is 0 Å². The largest absolute Gasteiger partial charge is 0.300 e. The van der Waals surface area contributed by atoms with Gasteiger partial charge < -0.3 is 4.79 Å². The maximum atomic E-state index is 11.5. The van der Waals surface area contributed by atoms with Gasteiger partial charge in [0.2, 0.25) is 11.8 Å². The Kier molecular flexibility index (Phi) is 9.55. The summed E-state index contributed by atoms with van der Waals surface area (Å²) in [6, 6.07) is 0. The topological polar surface area (TPSA) is 54.5 Å². The third-order valence-electron chi connectivity index (χ3n) is 2.63. The van der Waals surface area contributed by atoms with Crippen molar-refractivity contribution in [3.05, 3.63) is 0 Å². The number of unbranched alkanes of at least 4 members (excludes halogenated alkanes) is 2. The molecule has 0 saturated carbocycles. The number of ketones is 1. The summed E-state index contributed by atoms with van der Waals surface area (Å²) in [6.07, 6.45) is 3.27. The van der Waals surface area contributed by atoms with Gasteiger partial charge in [-0.3, -0.25) is 14.5 Å². The predicted molar refractivity (Wildman–Crippen MR) is 83.8 cm³/mol. The highest BCUT2D eigenvalue weighted by molar-refractivity contribution is 7.81. The van der Waals surface area contributed by atoms with Crippen LogP contribution in [0.25, 0.3) is 0 Å². The Morgan fingerprint density at radius 1 is 1.25 bits per heavy atom. The van der Waals surface area contributed by atoms with Gasteiger partial charge in [-0.1, -0.05) is 27.2 Å². The number of Topliss-reactive ketones (excluding diaryl/α,β-unsaturated/α-hetero) is 1. The van der Waals surface area contributed by atoms with Crippen LogP contribution in [-0.4, -0.2) is 34.3 Å². The lowest BCUT2D eigenvalue weighted by molar-refractivity contribution is -0.138. The molecule has 1 heterocycles. The smallest absolute Gasteiger partial charge is 0.242 e. The number of rotatable bonds is 6. The SMILES string of the molecule is CC(=O)CCCCCN1C(=O)CC(S)C1=O.CC(C)C. The average molecular weight is 301 g/mol. The molecular formula is C15H27NO3S. The van der Waals surface area contributed by atoms with Gasteiger partial charge in [-0.15, -0.1) is 0 Å². The monoisotopic (exact) mass is 301 g/mol. The van der Waals surface area contributed by atoms with Crippen LogP contribution in [-0.2, 0) is 14.4 Å². The molecule has 1 aliphatic heterocycles. The van der Waals surface area contributed by atoms with Gasteiger partial charge in [-0.05, 0) is 25.7 Å². The molecule has 1 unspecified atom stereocenters. The fraction of sp³-hybridized carbons (Fsp3) is 0.800. The van der Waals surface area contributed by atoms with Crippen molar-refractivity contribution in [1.82, 2.24) is 4.90 Å². The first kappa shape index (κ1) is 19.2. The number of amides is 2. The van der Waals surface area contributed by atoms with E-state index in [2.05, 4.69) is 33.4 Å². The van der Waals surface area contributed by atoms with Crippen molar-refractivity contribution >= 4 is 30.2 Å². The zero-order chi connectivity index (χ0) is 15.7. The fourth-order valence-corrected chi connectivity index (χ4v) is 2.02. The Balaban J connectivity index is 0.000000796. The second-order valence-electron chi connectivity index (χ2n) is 5.85. The summed E-state index contributed by atoms with van der Waals surface area (Å²) in [5, 5.41) is -0.454. The van der Waals surface area contributed by atoms with E-state index in [1.165, 1.54) is 4.90 Å². The molecule has 5 heteroatoms. The summed E-state index contributed by atoms with van der Waals surface area (Å²) in [4.78, 5) is 34.8. The Morgan fingerprint density at radius 3 is 2.20 bits per heavy atom. The van der Waals surface area contributed by atoms with Gasteiger partial charge in [0.05, 0.1) is 5.25 Å². The maximum Gasteiger partial charge on any atom is 0.242 e. The normalized spacial score (nSPS) is 18.3. The molecule has 1 saturated heterocycles. The van der Waals surface area contributed by atoms with Gasteiger partial charge in [0.15, 0.2) is 0 Å². The van der Waals surface area contributed by atoms with Crippen LogP contribution in [0.2, 0.25) is 0 Å².